The Kier molecular flexibility index (Phi) is 7.83. The summed E-state index contributed by atoms with van der Waals surface area (Å²) in [7, 11) is -0.971. The van der Waals surface area contributed by atoms with Crippen LogP contribution in [0.25, 0.3) is 0 Å². The van der Waals surface area contributed by atoms with E-state index in [0.29, 0.717) is 0 Å². The molecule has 0 saturated carbocycles. The number of nitrogens with zero attached hydrogens (tertiary/aromatic N) is 2. The van der Waals surface area contributed by atoms with Crippen molar-refractivity contribution < 1.29 is 22.7 Å². The number of rotatable bonds is 7. The van der Waals surface area contributed by atoms with Crippen molar-refractivity contribution in [2.75, 3.05) is 14.1 Å². The Labute approximate surface area is 166 Å². The monoisotopic (exact) mass is 418 g/mol. The molecule has 9 heteroatoms. The molecule has 0 aliphatic rings. The molecule has 0 aromatic heterocycles. The minimum absolute atomic E-state index is 0.0435. The van der Waals surface area contributed by atoms with Crippen LogP contribution >= 0.6 is 11.6 Å². The van der Waals surface area contributed by atoms with Gasteiger partial charge in [-0.25, -0.2) is 17.5 Å². The summed E-state index contributed by atoms with van der Waals surface area (Å²) in [6, 6.07) is 3.66. The molecule has 7 nitrogen and oxygen atoms in total. The van der Waals surface area contributed by atoms with Crippen LogP contribution in [0.1, 0.15) is 45.0 Å². The Morgan fingerprint density at radius 3 is 2.00 bits per heavy atom. The van der Waals surface area contributed by atoms with E-state index in [4.69, 9.17) is 16.3 Å². The molecule has 0 aliphatic heterocycles. The first kappa shape index (κ1) is 23.4. The molecule has 0 bridgehead atoms. The topological polar surface area (TPSA) is 84.0 Å². The Hall–Kier alpha value is -1.64. The molecule has 0 spiro atoms. The summed E-state index contributed by atoms with van der Waals surface area (Å²) in [5, 5.41) is 0.0435. The summed E-state index contributed by atoms with van der Waals surface area (Å²) >= 11 is 6.04. The first-order valence-electron chi connectivity index (χ1n) is 8.55. The number of ether oxygens (including phenoxy) is 1. The largest absolute Gasteiger partial charge is 0.449 e. The Morgan fingerprint density at radius 1 is 1.04 bits per heavy atom. The highest BCUT2D eigenvalue weighted by Gasteiger charge is 2.29. The first-order chi connectivity index (χ1) is 12.3. The van der Waals surface area contributed by atoms with Crippen molar-refractivity contribution in [3.63, 3.8) is 0 Å². The molecule has 0 unspecified atom stereocenters. The van der Waals surface area contributed by atoms with Crippen molar-refractivity contribution in [1.29, 1.82) is 0 Å². The Morgan fingerprint density at radius 2 is 1.56 bits per heavy atom. The highest BCUT2D eigenvalue weighted by atomic mass is 35.5. The second kappa shape index (κ2) is 9.03. The van der Waals surface area contributed by atoms with E-state index in [9.17, 15) is 18.0 Å². The van der Waals surface area contributed by atoms with E-state index in [1.165, 1.54) is 33.2 Å². The molecule has 0 N–H and O–H groups in total. The highest BCUT2D eigenvalue weighted by Crippen LogP contribution is 2.23. The van der Waals surface area contributed by atoms with Crippen LogP contribution in [0.15, 0.2) is 23.1 Å². The van der Waals surface area contributed by atoms with Crippen LogP contribution in [0, 0.1) is 0 Å². The van der Waals surface area contributed by atoms with Crippen molar-refractivity contribution in [3.05, 3.63) is 28.8 Å². The average Bonchev–Trinajstić information content (AvgIpc) is 2.53. The van der Waals surface area contributed by atoms with Crippen LogP contribution in [0.5, 0.6) is 0 Å². The van der Waals surface area contributed by atoms with Gasteiger partial charge in [-0.1, -0.05) is 11.6 Å². The molecule has 0 saturated heterocycles. The minimum atomic E-state index is -3.74. The number of esters is 1. The minimum Gasteiger partial charge on any atom is -0.449 e. The zero-order valence-corrected chi connectivity index (χ0v) is 18.3. The predicted octanol–water partition coefficient (Wildman–Crippen LogP) is 2.78. The molecule has 1 amide bonds. The molecule has 0 fully saturated rings. The molecule has 1 rings (SSSR count). The summed E-state index contributed by atoms with van der Waals surface area (Å²) < 4.78 is 30.8. The van der Waals surface area contributed by atoms with E-state index < -0.39 is 22.1 Å². The lowest BCUT2D eigenvalue weighted by Crippen LogP contribution is -2.47. The van der Waals surface area contributed by atoms with E-state index in [2.05, 4.69) is 0 Å². The summed E-state index contributed by atoms with van der Waals surface area (Å²) in [5.74, 6) is -1.19. The van der Waals surface area contributed by atoms with Gasteiger partial charge in [-0.3, -0.25) is 4.79 Å². The number of sulfonamides is 1. The number of hydrogen-bond donors (Lipinski definition) is 0. The van der Waals surface area contributed by atoms with E-state index in [1.807, 2.05) is 27.7 Å². The van der Waals surface area contributed by atoms with Gasteiger partial charge in [0.05, 0.1) is 15.5 Å². The van der Waals surface area contributed by atoms with Gasteiger partial charge in [-0.15, -0.1) is 0 Å². The van der Waals surface area contributed by atoms with Crippen LogP contribution in [-0.4, -0.2) is 61.8 Å². The van der Waals surface area contributed by atoms with Gasteiger partial charge in [0.15, 0.2) is 6.10 Å². The summed E-state index contributed by atoms with van der Waals surface area (Å²) in [5.41, 5.74) is -0.111. The summed E-state index contributed by atoms with van der Waals surface area (Å²) in [6.45, 7) is 8.97. The molecule has 1 aromatic rings. The number of hydrogen-bond acceptors (Lipinski definition) is 5. The zero-order valence-electron chi connectivity index (χ0n) is 16.7. The number of benzene rings is 1. The fourth-order valence-electron chi connectivity index (χ4n) is 2.62. The zero-order chi connectivity index (χ0) is 21.1. The van der Waals surface area contributed by atoms with Gasteiger partial charge in [0.25, 0.3) is 5.91 Å². The summed E-state index contributed by atoms with van der Waals surface area (Å²) in [4.78, 5) is 26.6. The maximum atomic E-state index is 12.6. The lowest BCUT2D eigenvalue weighted by Gasteiger charge is -2.32. The molecular weight excluding hydrogens is 392 g/mol. The third-order valence-electron chi connectivity index (χ3n) is 3.94. The Bertz CT molecular complexity index is 798. The molecule has 0 aliphatic carbocycles. The molecule has 27 heavy (non-hydrogen) atoms. The van der Waals surface area contributed by atoms with Gasteiger partial charge in [0.1, 0.15) is 0 Å². The smallest absolute Gasteiger partial charge is 0.340 e. The maximum Gasteiger partial charge on any atom is 0.340 e. The van der Waals surface area contributed by atoms with Gasteiger partial charge in [-0.05, 0) is 52.8 Å². The van der Waals surface area contributed by atoms with Gasteiger partial charge in [0, 0.05) is 26.2 Å². The SMILES string of the molecule is CC(C)N(C(=O)[C@H](C)OC(=O)c1cc(S(=O)(=O)N(C)C)ccc1Cl)C(C)C. The number of carbonyl (C=O) groups is 2. The van der Waals surface area contributed by atoms with Crippen molar-refractivity contribution >= 4 is 33.5 Å². The van der Waals surface area contributed by atoms with Gasteiger partial charge < -0.3 is 9.64 Å². The van der Waals surface area contributed by atoms with Crippen molar-refractivity contribution in [3.8, 4) is 0 Å². The summed E-state index contributed by atoms with van der Waals surface area (Å²) in [6.07, 6.45) is -1.03. The fraction of sp³-hybridized carbons (Fsp3) is 0.556. The van der Waals surface area contributed by atoms with Gasteiger partial charge in [0.2, 0.25) is 10.0 Å². The standard InChI is InChI=1S/C18H27ClN2O5S/c1-11(2)21(12(3)4)17(22)13(5)26-18(23)15-10-14(8-9-16(15)19)27(24,25)20(6)7/h8-13H,1-7H3/t13-/m0/s1. The second-order valence-electron chi connectivity index (χ2n) is 6.91. The van der Waals surface area contributed by atoms with Gasteiger partial charge in [-0.2, -0.15) is 0 Å². The molecule has 1 atom stereocenters. The molecule has 0 radical (unpaired) electrons. The normalized spacial score (nSPS) is 13.1. The molecule has 0 heterocycles. The van der Waals surface area contributed by atoms with Gasteiger partial charge >= 0.3 is 5.97 Å². The second-order valence-corrected chi connectivity index (χ2v) is 9.47. The molecule has 152 valence electrons. The predicted molar refractivity (Wildman–Crippen MR) is 104 cm³/mol. The van der Waals surface area contributed by atoms with Crippen LogP contribution < -0.4 is 0 Å². The lowest BCUT2D eigenvalue weighted by molar-refractivity contribution is -0.143. The van der Waals surface area contributed by atoms with E-state index in [1.54, 1.807) is 4.90 Å². The van der Waals surface area contributed by atoms with E-state index in [0.717, 1.165) is 10.4 Å². The molecular formula is C18H27ClN2O5S. The van der Waals surface area contributed by atoms with Crippen LogP contribution in [-0.2, 0) is 19.6 Å². The average molecular weight is 419 g/mol. The number of halogens is 1. The van der Waals surface area contributed by atoms with Crippen LogP contribution in [0.4, 0.5) is 0 Å². The third-order valence-corrected chi connectivity index (χ3v) is 6.08. The Balaban J connectivity index is 3.12. The van der Waals surface area contributed by atoms with E-state index >= 15 is 0 Å². The van der Waals surface area contributed by atoms with Crippen molar-refractivity contribution in [2.24, 2.45) is 0 Å². The lowest BCUT2D eigenvalue weighted by atomic mass is 10.2. The van der Waals surface area contributed by atoms with Crippen molar-refractivity contribution in [1.82, 2.24) is 9.21 Å². The number of amides is 1. The fourth-order valence-corrected chi connectivity index (χ4v) is 3.74. The molecule has 1 aromatic carbocycles. The number of carbonyl (C=O) groups excluding carboxylic acids is 2. The first-order valence-corrected chi connectivity index (χ1v) is 10.4. The van der Waals surface area contributed by atoms with Crippen molar-refractivity contribution in [2.45, 2.75) is 57.7 Å². The van der Waals surface area contributed by atoms with Crippen LogP contribution in [0.3, 0.4) is 0 Å². The highest BCUT2D eigenvalue weighted by molar-refractivity contribution is 7.89. The maximum absolute atomic E-state index is 12.6. The quantitative estimate of drug-likeness (QED) is 0.635. The van der Waals surface area contributed by atoms with Crippen LogP contribution in [0.2, 0.25) is 5.02 Å². The van der Waals surface area contributed by atoms with E-state index in [-0.39, 0.29) is 33.5 Å². The third kappa shape index (κ3) is 5.43.